The summed E-state index contributed by atoms with van der Waals surface area (Å²) in [5.74, 6) is 0. The minimum Gasteiger partial charge on any atom is -0.444 e. The van der Waals surface area contributed by atoms with Crippen LogP contribution in [0.1, 0.15) is 5.56 Å². The van der Waals surface area contributed by atoms with Crippen LogP contribution in [0, 0.1) is 0 Å². The second-order valence-corrected chi connectivity index (χ2v) is 6.49. The van der Waals surface area contributed by atoms with Crippen LogP contribution in [0.15, 0.2) is 64.6 Å². The van der Waals surface area contributed by atoms with Crippen molar-refractivity contribution in [2.45, 2.75) is 6.61 Å². The molecule has 23 heavy (non-hydrogen) atoms. The van der Waals surface area contributed by atoms with Crippen molar-refractivity contribution in [3.05, 3.63) is 70.1 Å². The largest absolute Gasteiger partial charge is 0.444 e. The second-order valence-electron chi connectivity index (χ2n) is 4.72. The predicted octanol–water partition coefficient (Wildman–Crippen LogP) is 5.32. The molecule has 0 aliphatic heterocycles. The highest BCUT2D eigenvalue weighted by atomic mass is 79.9. The maximum Gasteiger partial charge on any atom is 0.412 e. The third kappa shape index (κ3) is 4.18. The lowest BCUT2D eigenvalue weighted by molar-refractivity contribution is 0.155. The summed E-state index contributed by atoms with van der Waals surface area (Å²) in [5, 5.41) is 3.43. The summed E-state index contributed by atoms with van der Waals surface area (Å²) < 4.78 is 6.23. The Morgan fingerprint density at radius 1 is 1.13 bits per heavy atom. The number of anilines is 1. The lowest BCUT2D eigenvalue weighted by Gasteiger charge is -2.07. The predicted molar refractivity (Wildman–Crippen MR) is 95.5 cm³/mol. The van der Waals surface area contributed by atoms with Gasteiger partial charge in [0.2, 0.25) is 0 Å². The molecule has 0 spiro atoms. The summed E-state index contributed by atoms with van der Waals surface area (Å²) in [6.07, 6.45) is -0.489. The Bertz CT molecular complexity index is 788. The molecule has 0 aliphatic rings. The highest BCUT2D eigenvalue weighted by molar-refractivity contribution is 9.10. The Morgan fingerprint density at radius 2 is 1.87 bits per heavy atom. The van der Waals surface area contributed by atoms with E-state index in [0.29, 0.717) is 5.00 Å². The van der Waals surface area contributed by atoms with Crippen LogP contribution in [-0.4, -0.2) is 11.1 Å². The van der Waals surface area contributed by atoms with E-state index in [1.807, 2.05) is 54.6 Å². The smallest absolute Gasteiger partial charge is 0.412 e. The van der Waals surface area contributed by atoms with Gasteiger partial charge in [0.1, 0.15) is 17.3 Å². The van der Waals surface area contributed by atoms with E-state index in [9.17, 15) is 4.79 Å². The molecule has 1 N–H and O–H groups in total. The number of amides is 1. The number of hydrogen-bond acceptors (Lipinski definition) is 4. The molecule has 0 radical (unpaired) electrons. The van der Waals surface area contributed by atoms with Crippen molar-refractivity contribution >= 4 is 38.4 Å². The third-order valence-corrected chi connectivity index (χ3v) is 4.38. The number of thiazole rings is 1. The van der Waals surface area contributed by atoms with E-state index in [1.54, 1.807) is 5.51 Å². The van der Waals surface area contributed by atoms with Crippen LogP contribution in [0.4, 0.5) is 9.80 Å². The van der Waals surface area contributed by atoms with E-state index in [1.165, 1.54) is 11.3 Å². The molecule has 1 amide bonds. The molecular weight excluding hydrogens is 376 g/mol. The summed E-state index contributed by atoms with van der Waals surface area (Å²) in [4.78, 5) is 16.3. The van der Waals surface area contributed by atoms with Crippen molar-refractivity contribution in [3.8, 4) is 11.3 Å². The molecule has 1 heterocycles. The Labute approximate surface area is 146 Å². The van der Waals surface area contributed by atoms with E-state index in [-0.39, 0.29) is 6.61 Å². The Kier molecular flexibility index (Phi) is 5.05. The summed E-state index contributed by atoms with van der Waals surface area (Å²) >= 11 is 4.77. The van der Waals surface area contributed by atoms with Gasteiger partial charge in [-0.05, 0) is 17.7 Å². The van der Waals surface area contributed by atoms with E-state index in [4.69, 9.17) is 4.74 Å². The fraction of sp³-hybridized carbons (Fsp3) is 0.0588. The van der Waals surface area contributed by atoms with Crippen molar-refractivity contribution in [2.75, 3.05) is 5.32 Å². The Hall–Kier alpha value is -2.18. The molecule has 1 aromatic heterocycles. The SMILES string of the molecule is O=C(Nc1scnc1-c1ccc(Br)cc1)OCc1ccccc1. The molecule has 4 nitrogen and oxygen atoms in total. The number of benzene rings is 2. The van der Waals surface area contributed by atoms with Gasteiger partial charge in [0.05, 0.1) is 5.51 Å². The molecule has 0 atom stereocenters. The molecule has 0 unspecified atom stereocenters. The minimum atomic E-state index is -0.489. The van der Waals surface area contributed by atoms with Gasteiger partial charge in [0.25, 0.3) is 0 Å². The first-order valence-electron chi connectivity index (χ1n) is 6.89. The summed E-state index contributed by atoms with van der Waals surface area (Å²) in [5.41, 5.74) is 4.32. The molecule has 3 rings (SSSR count). The van der Waals surface area contributed by atoms with Gasteiger partial charge in [-0.2, -0.15) is 0 Å². The minimum absolute atomic E-state index is 0.235. The molecule has 0 aliphatic carbocycles. The fourth-order valence-electron chi connectivity index (χ4n) is 2.00. The zero-order chi connectivity index (χ0) is 16.1. The van der Waals surface area contributed by atoms with Crippen LogP contribution in [0.3, 0.4) is 0 Å². The van der Waals surface area contributed by atoms with Gasteiger partial charge < -0.3 is 4.74 Å². The van der Waals surface area contributed by atoms with Gasteiger partial charge in [-0.15, -0.1) is 11.3 Å². The van der Waals surface area contributed by atoms with Gasteiger partial charge >= 0.3 is 6.09 Å². The number of carbonyl (C=O) groups excluding carboxylic acids is 1. The molecule has 0 saturated heterocycles. The summed E-state index contributed by atoms with van der Waals surface area (Å²) in [6, 6.07) is 17.3. The molecule has 6 heteroatoms. The van der Waals surface area contributed by atoms with Gasteiger partial charge in [-0.3, -0.25) is 5.32 Å². The quantitative estimate of drug-likeness (QED) is 0.657. The van der Waals surface area contributed by atoms with Crippen molar-refractivity contribution in [3.63, 3.8) is 0 Å². The van der Waals surface area contributed by atoms with Gasteiger partial charge in [0.15, 0.2) is 0 Å². The standard InChI is InChI=1S/C17H13BrN2O2S/c18-14-8-6-13(7-9-14)15-16(23-11-19-15)20-17(21)22-10-12-4-2-1-3-5-12/h1-9,11H,10H2,(H,20,21). The van der Waals surface area contributed by atoms with Crippen molar-refractivity contribution < 1.29 is 9.53 Å². The Balaban J connectivity index is 1.65. The first kappa shape index (κ1) is 15.7. The monoisotopic (exact) mass is 388 g/mol. The summed E-state index contributed by atoms with van der Waals surface area (Å²) in [6.45, 7) is 0.235. The van der Waals surface area contributed by atoms with Crippen molar-refractivity contribution in [1.29, 1.82) is 0 Å². The number of rotatable bonds is 4. The van der Waals surface area contributed by atoms with Crippen LogP contribution in [0.2, 0.25) is 0 Å². The lowest BCUT2D eigenvalue weighted by Crippen LogP contribution is -2.13. The first-order valence-corrected chi connectivity index (χ1v) is 8.57. The van der Waals surface area contributed by atoms with Crippen LogP contribution in [0.25, 0.3) is 11.3 Å². The number of hydrogen-bond donors (Lipinski definition) is 1. The van der Waals surface area contributed by atoms with E-state index in [2.05, 4.69) is 26.2 Å². The number of nitrogens with one attached hydrogen (secondary N) is 1. The number of nitrogens with zero attached hydrogens (tertiary/aromatic N) is 1. The first-order chi connectivity index (χ1) is 11.2. The molecular formula is C17H13BrN2O2S. The van der Waals surface area contributed by atoms with E-state index in [0.717, 1.165) is 21.3 Å². The number of halogens is 1. The van der Waals surface area contributed by atoms with E-state index >= 15 is 0 Å². The summed E-state index contributed by atoms with van der Waals surface area (Å²) in [7, 11) is 0. The maximum atomic E-state index is 12.0. The maximum absolute atomic E-state index is 12.0. The molecule has 2 aromatic carbocycles. The highest BCUT2D eigenvalue weighted by Crippen LogP contribution is 2.31. The lowest BCUT2D eigenvalue weighted by atomic mass is 10.2. The molecule has 0 saturated carbocycles. The zero-order valence-electron chi connectivity index (χ0n) is 12.0. The van der Waals surface area contributed by atoms with Gasteiger partial charge in [-0.1, -0.05) is 58.4 Å². The van der Waals surface area contributed by atoms with Crippen molar-refractivity contribution in [1.82, 2.24) is 4.98 Å². The third-order valence-electron chi connectivity index (χ3n) is 3.11. The van der Waals surface area contributed by atoms with Gasteiger partial charge in [-0.25, -0.2) is 9.78 Å². The molecule has 0 fully saturated rings. The Morgan fingerprint density at radius 3 is 2.61 bits per heavy atom. The van der Waals surface area contributed by atoms with Crippen LogP contribution in [-0.2, 0) is 11.3 Å². The normalized spacial score (nSPS) is 10.3. The van der Waals surface area contributed by atoms with Gasteiger partial charge in [0, 0.05) is 10.0 Å². The highest BCUT2D eigenvalue weighted by Gasteiger charge is 2.12. The zero-order valence-corrected chi connectivity index (χ0v) is 14.4. The van der Waals surface area contributed by atoms with Crippen LogP contribution < -0.4 is 5.32 Å². The topological polar surface area (TPSA) is 51.2 Å². The number of carbonyl (C=O) groups is 1. The van der Waals surface area contributed by atoms with E-state index < -0.39 is 6.09 Å². The molecule has 0 bridgehead atoms. The molecule has 116 valence electrons. The average Bonchev–Trinajstić information content (AvgIpc) is 3.03. The van der Waals surface area contributed by atoms with Crippen molar-refractivity contribution in [2.24, 2.45) is 0 Å². The average molecular weight is 389 g/mol. The number of ether oxygens (including phenoxy) is 1. The van der Waals surface area contributed by atoms with Crippen LogP contribution in [0.5, 0.6) is 0 Å². The fourth-order valence-corrected chi connectivity index (χ4v) is 2.95. The van der Waals surface area contributed by atoms with Crippen LogP contribution >= 0.6 is 27.3 Å². The second kappa shape index (κ2) is 7.39. The molecule has 3 aromatic rings. The number of aromatic nitrogens is 1.